The average Bonchev–Trinajstić information content (AvgIpc) is 3.58. The van der Waals surface area contributed by atoms with E-state index < -0.39 is 40.4 Å². The zero-order chi connectivity index (χ0) is 24.8. The number of hydrogen-bond acceptors (Lipinski definition) is 8. The van der Waals surface area contributed by atoms with Crippen LogP contribution in [0, 0.1) is 10.8 Å². The molecule has 0 aromatic heterocycles. The van der Waals surface area contributed by atoms with Crippen molar-refractivity contribution in [1.82, 2.24) is 0 Å². The number of carbonyl (C=O) groups is 3. The number of carbonyl (C=O) groups excluding carboxylic acids is 3. The topological polar surface area (TPSA) is 101 Å². The van der Waals surface area contributed by atoms with Gasteiger partial charge in [0.2, 0.25) is 0 Å². The molecule has 5 rings (SSSR count). The molecule has 2 spiro atoms. The van der Waals surface area contributed by atoms with Crippen LogP contribution in [-0.4, -0.2) is 61.6 Å². The minimum absolute atomic E-state index is 0.125. The molecule has 8 heteroatoms. The quantitative estimate of drug-likeness (QED) is 0.224. The number of epoxide rings is 1. The highest BCUT2D eigenvalue weighted by Crippen LogP contribution is 2.72. The normalized spacial score (nSPS) is 44.9. The Labute approximate surface area is 204 Å². The summed E-state index contributed by atoms with van der Waals surface area (Å²) in [5.41, 5.74) is 0.194. The first-order valence-electron chi connectivity index (χ1n) is 12.2. The maximum atomic E-state index is 12.8. The molecule has 0 aromatic carbocycles. The van der Waals surface area contributed by atoms with E-state index in [1.165, 1.54) is 36.0 Å². The van der Waals surface area contributed by atoms with Gasteiger partial charge in [0, 0.05) is 36.5 Å². The Morgan fingerprint density at radius 1 is 0.886 bits per heavy atom. The van der Waals surface area contributed by atoms with Gasteiger partial charge < -0.3 is 23.7 Å². The molecule has 2 aliphatic carbocycles. The van der Waals surface area contributed by atoms with Gasteiger partial charge in [-0.1, -0.05) is 36.3 Å². The van der Waals surface area contributed by atoms with Crippen LogP contribution >= 0.6 is 0 Å². The van der Waals surface area contributed by atoms with Gasteiger partial charge in [0.25, 0.3) is 0 Å². The summed E-state index contributed by atoms with van der Waals surface area (Å²) in [6.07, 6.45) is 10.5. The Bertz CT molecular complexity index is 1050. The van der Waals surface area contributed by atoms with Gasteiger partial charge in [-0.15, -0.1) is 0 Å². The molecule has 0 radical (unpaired) electrons. The van der Waals surface area contributed by atoms with Crippen molar-refractivity contribution in [2.45, 2.75) is 70.4 Å². The van der Waals surface area contributed by atoms with Crippen LogP contribution in [0.3, 0.4) is 0 Å². The lowest BCUT2D eigenvalue weighted by Crippen LogP contribution is -2.66. The van der Waals surface area contributed by atoms with E-state index in [1.807, 2.05) is 0 Å². The summed E-state index contributed by atoms with van der Waals surface area (Å²) in [6, 6.07) is 0. The first-order valence-corrected chi connectivity index (χ1v) is 12.2. The molecule has 35 heavy (non-hydrogen) atoms. The van der Waals surface area contributed by atoms with Crippen LogP contribution in [0.5, 0.6) is 0 Å². The molecular formula is C27H32O8. The molecule has 3 fully saturated rings. The zero-order valence-electron chi connectivity index (χ0n) is 20.4. The van der Waals surface area contributed by atoms with E-state index in [2.05, 4.69) is 19.9 Å². The van der Waals surface area contributed by atoms with Crippen molar-refractivity contribution in [2.24, 2.45) is 10.8 Å². The second kappa shape index (κ2) is 8.75. The van der Waals surface area contributed by atoms with Crippen molar-refractivity contribution in [1.29, 1.82) is 0 Å². The third-order valence-electron chi connectivity index (χ3n) is 8.63. The number of hydrogen-bond donors (Lipinski definition) is 0. The highest BCUT2D eigenvalue weighted by Gasteiger charge is 2.83. The summed E-state index contributed by atoms with van der Waals surface area (Å²) >= 11 is 0. The van der Waals surface area contributed by atoms with Crippen molar-refractivity contribution >= 4 is 17.9 Å². The van der Waals surface area contributed by atoms with Gasteiger partial charge in [-0.05, 0) is 26.7 Å². The van der Waals surface area contributed by atoms with Crippen molar-refractivity contribution in [2.75, 3.05) is 19.8 Å². The van der Waals surface area contributed by atoms with Gasteiger partial charge in [0.1, 0.15) is 18.3 Å². The summed E-state index contributed by atoms with van der Waals surface area (Å²) in [5.74, 6) is -1.50. The summed E-state index contributed by atoms with van der Waals surface area (Å²) in [4.78, 5) is 37.4. The van der Waals surface area contributed by atoms with Crippen molar-refractivity contribution in [3.05, 3.63) is 47.6 Å². The van der Waals surface area contributed by atoms with E-state index in [9.17, 15) is 14.4 Å². The Kier molecular flexibility index (Phi) is 6.00. The van der Waals surface area contributed by atoms with Crippen LogP contribution in [0.25, 0.3) is 0 Å². The Morgan fingerprint density at radius 3 is 2.37 bits per heavy atom. The summed E-state index contributed by atoms with van der Waals surface area (Å²) < 4.78 is 29.7. The third-order valence-corrected chi connectivity index (χ3v) is 8.63. The number of allylic oxidation sites excluding steroid dienone is 3. The van der Waals surface area contributed by atoms with E-state index in [0.717, 1.165) is 18.4 Å². The maximum Gasteiger partial charge on any atom is 0.331 e. The van der Waals surface area contributed by atoms with E-state index in [-0.39, 0.29) is 25.4 Å². The molecule has 1 saturated carbocycles. The minimum atomic E-state index is -0.613. The summed E-state index contributed by atoms with van der Waals surface area (Å²) in [6.45, 7) is 6.77. The van der Waals surface area contributed by atoms with Gasteiger partial charge in [0.05, 0.1) is 30.8 Å². The SMILES string of the molecule is CC1=C[C@H]2O[C@H]3C[C@@H]4OC(=O)/C=C/C=C/C(=O)OCC/C(C)=C/C(=O)OCC2(CC1)[C@]4(C)[C@]31CO1. The van der Waals surface area contributed by atoms with Crippen LogP contribution in [-0.2, 0) is 38.1 Å². The Balaban J connectivity index is 1.53. The molecule has 5 aliphatic rings. The highest BCUT2D eigenvalue weighted by molar-refractivity contribution is 5.85. The van der Waals surface area contributed by atoms with Crippen molar-refractivity contribution in [3.63, 3.8) is 0 Å². The van der Waals surface area contributed by atoms with E-state index in [0.29, 0.717) is 19.4 Å². The molecule has 2 saturated heterocycles. The van der Waals surface area contributed by atoms with Gasteiger partial charge in [-0.2, -0.15) is 0 Å². The van der Waals surface area contributed by atoms with Gasteiger partial charge in [-0.3, -0.25) is 0 Å². The van der Waals surface area contributed by atoms with Gasteiger partial charge in [-0.25, -0.2) is 14.4 Å². The summed E-state index contributed by atoms with van der Waals surface area (Å²) in [7, 11) is 0. The van der Waals surface area contributed by atoms with Crippen LogP contribution in [0.15, 0.2) is 47.6 Å². The fourth-order valence-corrected chi connectivity index (χ4v) is 6.46. The lowest BCUT2D eigenvalue weighted by Gasteiger charge is -2.58. The predicted molar refractivity (Wildman–Crippen MR) is 124 cm³/mol. The molecule has 8 nitrogen and oxygen atoms in total. The Morgan fingerprint density at radius 2 is 1.63 bits per heavy atom. The fraction of sp³-hybridized carbons (Fsp3) is 0.593. The molecule has 2 bridgehead atoms. The fourth-order valence-electron chi connectivity index (χ4n) is 6.46. The van der Waals surface area contributed by atoms with Crippen LogP contribution in [0.4, 0.5) is 0 Å². The summed E-state index contributed by atoms with van der Waals surface area (Å²) in [5, 5.41) is 0. The molecule has 188 valence electrons. The van der Waals surface area contributed by atoms with E-state index in [4.69, 9.17) is 23.7 Å². The van der Waals surface area contributed by atoms with Gasteiger partial charge >= 0.3 is 17.9 Å². The Hall–Kier alpha value is -2.71. The maximum absolute atomic E-state index is 12.8. The van der Waals surface area contributed by atoms with Crippen molar-refractivity contribution < 1.29 is 38.1 Å². The minimum Gasteiger partial charge on any atom is -0.462 e. The van der Waals surface area contributed by atoms with Crippen molar-refractivity contribution in [3.8, 4) is 0 Å². The van der Waals surface area contributed by atoms with Crippen LogP contribution in [0.1, 0.15) is 46.5 Å². The first-order chi connectivity index (χ1) is 16.7. The second-order valence-corrected chi connectivity index (χ2v) is 10.5. The van der Waals surface area contributed by atoms with E-state index >= 15 is 0 Å². The van der Waals surface area contributed by atoms with Crippen LogP contribution in [0.2, 0.25) is 0 Å². The lowest BCUT2D eigenvalue weighted by molar-refractivity contribution is -0.232. The molecule has 3 aliphatic heterocycles. The number of esters is 3. The number of ether oxygens (including phenoxy) is 5. The van der Waals surface area contributed by atoms with Gasteiger partial charge in [0.15, 0.2) is 0 Å². The predicted octanol–water partition coefficient (Wildman–Crippen LogP) is 3.12. The highest BCUT2D eigenvalue weighted by atomic mass is 16.6. The zero-order valence-corrected chi connectivity index (χ0v) is 20.4. The van der Waals surface area contributed by atoms with Crippen LogP contribution < -0.4 is 0 Å². The molecular weight excluding hydrogens is 452 g/mol. The molecule has 0 N–H and O–H groups in total. The standard InChI is InChI=1S/C27H32O8/c1-17-8-10-26-15-32-24(30)13-18(2)9-11-31-22(28)6-4-5-7-23(29)35-19-14-21(34-20(26)12-17)27(16-33-27)25(19,26)3/h4-7,12-13,19-21H,8-11,14-16H2,1-3H3/b6-4+,7-5+,18-13+/t19-,20+,21-,25+,26?,27-/m0/s1. The van der Waals surface area contributed by atoms with E-state index in [1.54, 1.807) is 6.92 Å². The average molecular weight is 485 g/mol. The number of rotatable bonds is 0. The molecule has 3 heterocycles. The lowest BCUT2D eigenvalue weighted by atomic mass is 9.51. The smallest absolute Gasteiger partial charge is 0.331 e. The number of cyclic esters (lactones) is 2. The first kappa shape index (κ1) is 24.0. The third kappa shape index (κ3) is 3.87. The largest absolute Gasteiger partial charge is 0.462 e. The molecule has 1 unspecified atom stereocenters. The molecule has 6 atom stereocenters. The second-order valence-electron chi connectivity index (χ2n) is 10.5. The molecule has 0 aromatic rings. The molecule has 0 amide bonds. The monoisotopic (exact) mass is 484 g/mol.